The molecule has 1 atom stereocenters. The summed E-state index contributed by atoms with van der Waals surface area (Å²) in [4.78, 5) is 28.5. The lowest BCUT2D eigenvalue weighted by Crippen LogP contribution is -2.29. The number of benzene rings is 3. The Morgan fingerprint density at radius 1 is 0.872 bits per heavy atom. The van der Waals surface area contributed by atoms with Gasteiger partial charge in [-0.25, -0.2) is 0 Å². The second kappa shape index (κ2) is 11.1. The summed E-state index contributed by atoms with van der Waals surface area (Å²) in [5.41, 5.74) is 4.13. The summed E-state index contributed by atoms with van der Waals surface area (Å²) in [7, 11) is 0. The molecular formula is C34H39NO4. The fourth-order valence-electron chi connectivity index (χ4n) is 4.73. The largest absolute Gasteiger partial charge is 0.507 e. The van der Waals surface area contributed by atoms with E-state index in [2.05, 4.69) is 48.5 Å². The molecule has 39 heavy (non-hydrogen) atoms. The van der Waals surface area contributed by atoms with Crippen LogP contribution in [0.15, 0.2) is 78.4 Å². The Kier molecular flexibility index (Phi) is 8.01. The highest BCUT2D eigenvalue weighted by Gasteiger charge is 2.47. The Morgan fingerprint density at radius 3 is 1.97 bits per heavy atom. The van der Waals surface area contributed by atoms with E-state index >= 15 is 0 Å². The highest BCUT2D eigenvalue weighted by Crippen LogP contribution is 2.43. The summed E-state index contributed by atoms with van der Waals surface area (Å²) in [6.45, 7) is 15.4. The van der Waals surface area contributed by atoms with Gasteiger partial charge in [0.1, 0.15) is 11.5 Å². The van der Waals surface area contributed by atoms with Gasteiger partial charge in [0.05, 0.1) is 18.2 Å². The van der Waals surface area contributed by atoms with Gasteiger partial charge in [-0.2, -0.15) is 0 Å². The first-order valence-electron chi connectivity index (χ1n) is 13.6. The summed E-state index contributed by atoms with van der Waals surface area (Å²) in [5, 5.41) is 11.5. The maximum absolute atomic E-state index is 13.5. The summed E-state index contributed by atoms with van der Waals surface area (Å²) >= 11 is 0. The third-order valence-corrected chi connectivity index (χ3v) is 7.09. The monoisotopic (exact) mass is 525 g/mol. The average molecular weight is 526 g/mol. The Hall–Kier alpha value is -3.86. The Balaban J connectivity index is 1.82. The predicted octanol–water partition coefficient (Wildman–Crippen LogP) is 7.77. The molecule has 1 fully saturated rings. The first kappa shape index (κ1) is 28.2. The van der Waals surface area contributed by atoms with Crippen LogP contribution in [0.4, 0.5) is 5.69 Å². The van der Waals surface area contributed by atoms with Crippen LogP contribution in [0, 0.1) is 5.92 Å². The predicted molar refractivity (Wildman–Crippen MR) is 157 cm³/mol. The lowest BCUT2D eigenvalue weighted by molar-refractivity contribution is -0.132. The van der Waals surface area contributed by atoms with Gasteiger partial charge in [-0.15, -0.1) is 0 Å². The molecule has 0 aliphatic carbocycles. The number of carbonyl (C=O) groups is 2. The number of ether oxygens (including phenoxy) is 1. The maximum atomic E-state index is 13.5. The molecule has 1 saturated heterocycles. The molecule has 0 spiro atoms. The number of amides is 1. The topological polar surface area (TPSA) is 66.8 Å². The molecule has 4 rings (SSSR count). The molecule has 0 aromatic heterocycles. The number of nitrogens with zero attached hydrogens (tertiary/aromatic N) is 1. The quantitative estimate of drug-likeness (QED) is 0.194. The fraction of sp³-hybridized carbons (Fsp3) is 0.353. The Bertz CT molecular complexity index is 1360. The molecule has 1 unspecified atom stereocenters. The van der Waals surface area contributed by atoms with Crippen molar-refractivity contribution < 1.29 is 19.4 Å². The zero-order chi connectivity index (χ0) is 28.5. The SMILES string of the molecule is CC(C)COc1ccc(/C(O)=C2/C(=O)C(=O)N(c3ccc(C(C)C)cc3)C2c2ccc(C(C)(C)C)cc2)cc1. The van der Waals surface area contributed by atoms with Gasteiger partial charge in [0.15, 0.2) is 0 Å². The lowest BCUT2D eigenvalue weighted by Gasteiger charge is -2.27. The number of carbonyl (C=O) groups excluding carboxylic acids is 2. The smallest absolute Gasteiger partial charge is 0.300 e. The number of aliphatic hydroxyl groups is 1. The van der Waals surface area contributed by atoms with Crippen molar-refractivity contribution in [3.8, 4) is 5.75 Å². The maximum Gasteiger partial charge on any atom is 0.300 e. The molecule has 0 bridgehead atoms. The standard InChI is InChI=1S/C34H39NO4/c1-21(2)20-39-28-18-12-25(13-19-28)31(36)29-30(24-8-14-26(15-9-24)34(5,6)7)35(33(38)32(29)37)27-16-10-23(11-17-27)22(3)4/h8-19,21-22,30,36H,20H2,1-7H3/b31-29-. The van der Waals surface area contributed by atoms with Gasteiger partial charge in [-0.3, -0.25) is 14.5 Å². The third kappa shape index (κ3) is 5.93. The van der Waals surface area contributed by atoms with E-state index in [0.29, 0.717) is 35.4 Å². The molecule has 1 amide bonds. The summed E-state index contributed by atoms with van der Waals surface area (Å²) in [6.07, 6.45) is 0. The van der Waals surface area contributed by atoms with Crippen molar-refractivity contribution in [1.29, 1.82) is 0 Å². The molecule has 1 heterocycles. The number of rotatable bonds is 7. The van der Waals surface area contributed by atoms with Gasteiger partial charge in [0.25, 0.3) is 11.7 Å². The van der Waals surface area contributed by atoms with Gasteiger partial charge in [-0.05, 0) is 70.3 Å². The van der Waals surface area contributed by atoms with Crippen molar-refractivity contribution in [3.63, 3.8) is 0 Å². The van der Waals surface area contributed by atoms with Crippen LogP contribution >= 0.6 is 0 Å². The molecule has 3 aromatic carbocycles. The Morgan fingerprint density at radius 2 is 1.46 bits per heavy atom. The van der Waals surface area contributed by atoms with Gasteiger partial charge >= 0.3 is 0 Å². The van der Waals surface area contributed by atoms with Crippen LogP contribution in [0.1, 0.15) is 82.7 Å². The minimum atomic E-state index is -0.763. The van der Waals surface area contributed by atoms with Crippen LogP contribution in [0.5, 0.6) is 5.75 Å². The van der Waals surface area contributed by atoms with E-state index in [9.17, 15) is 14.7 Å². The molecular weight excluding hydrogens is 486 g/mol. The summed E-state index contributed by atoms with van der Waals surface area (Å²) in [5.74, 6) is -0.160. The van der Waals surface area contributed by atoms with Crippen molar-refractivity contribution in [2.24, 2.45) is 5.92 Å². The van der Waals surface area contributed by atoms with Crippen molar-refractivity contribution in [3.05, 3.63) is 101 Å². The van der Waals surface area contributed by atoms with Crippen LogP contribution in [0.3, 0.4) is 0 Å². The van der Waals surface area contributed by atoms with E-state index in [4.69, 9.17) is 4.74 Å². The summed E-state index contributed by atoms with van der Waals surface area (Å²) < 4.78 is 5.77. The van der Waals surface area contributed by atoms with E-state index in [-0.39, 0.29) is 16.7 Å². The second-order valence-electron chi connectivity index (χ2n) is 12.0. The third-order valence-electron chi connectivity index (χ3n) is 7.09. The molecule has 3 aromatic rings. The van der Waals surface area contributed by atoms with E-state index in [1.807, 2.05) is 48.5 Å². The number of ketones is 1. The molecule has 1 aliphatic rings. The van der Waals surface area contributed by atoms with Gasteiger partial charge in [0, 0.05) is 11.3 Å². The van der Waals surface area contributed by atoms with E-state index in [1.165, 1.54) is 4.90 Å². The van der Waals surface area contributed by atoms with E-state index in [0.717, 1.165) is 16.7 Å². The zero-order valence-corrected chi connectivity index (χ0v) is 24.0. The number of hydrogen-bond donors (Lipinski definition) is 1. The molecule has 5 nitrogen and oxygen atoms in total. The van der Waals surface area contributed by atoms with E-state index in [1.54, 1.807) is 24.3 Å². The van der Waals surface area contributed by atoms with Crippen LogP contribution in [-0.2, 0) is 15.0 Å². The Labute approximate surface area is 232 Å². The zero-order valence-electron chi connectivity index (χ0n) is 24.0. The van der Waals surface area contributed by atoms with Crippen molar-refractivity contribution in [2.45, 2.75) is 65.8 Å². The second-order valence-corrected chi connectivity index (χ2v) is 12.0. The fourth-order valence-corrected chi connectivity index (χ4v) is 4.73. The highest BCUT2D eigenvalue weighted by molar-refractivity contribution is 6.51. The number of anilines is 1. The minimum absolute atomic E-state index is 0.0492. The molecule has 1 N–H and O–H groups in total. The van der Waals surface area contributed by atoms with Crippen LogP contribution < -0.4 is 9.64 Å². The van der Waals surface area contributed by atoms with Gasteiger partial charge < -0.3 is 9.84 Å². The molecule has 0 radical (unpaired) electrons. The number of hydrogen-bond acceptors (Lipinski definition) is 4. The lowest BCUT2D eigenvalue weighted by atomic mass is 9.85. The van der Waals surface area contributed by atoms with Crippen molar-refractivity contribution >= 4 is 23.1 Å². The van der Waals surface area contributed by atoms with Crippen molar-refractivity contribution in [2.75, 3.05) is 11.5 Å². The van der Waals surface area contributed by atoms with Gasteiger partial charge in [0.2, 0.25) is 0 Å². The van der Waals surface area contributed by atoms with Crippen LogP contribution in [0.2, 0.25) is 0 Å². The average Bonchev–Trinajstić information content (AvgIpc) is 3.17. The molecule has 204 valence electrons. The first-order chi connectivity index (χ1) is 18.4. The number of aliphatic hydroxyl groups excluding tert-OH is 1. The molecule has 0 saturated carbocycles. The van der Waals surface area contributed by atoms with E-state index < -0.39 is 17.7 Å². The van der Waals surface area contributed by atoms with Gasteiger partial charge in [-0.1, -0.05) is 84.9 Å². The highest BCUT2D eigenvalue weighted by atomic mass is 16.5. The number of Topliss-reactive ketones (excluding diaryl/α,β-unsaturated/α-hetero) is 1. The minimum Gasteiger partial charge on any atom is -0.507 e. The summed E-state index contributed by atoms with van der Waals surface area (Å²) in [6, 6.07) is 21.9. The van der Waals surface area contributed by atoms with Crippen molar-refractivity contribution in [1.82, 2.24) is 0 Å². The molecule has 1 aliphatic heterocycles. The normalized spacial score (nSPS) is 17.4. The first-order valence-corrected chi connectivity index (χ1v) is 13.6. The molecule has 5 heteroatoms. The van der Waals surface area contributed by atoms with Crippen LogP contribution in [0.25, 0.3) is 5.76 Å². The van der Waals surface area contributed by atoms with Crippen LogP contribution in [-0.4, -0.2) is 23.4 Å².